The van der Waals surface area contributed by atoms with Gasteiger partial charge in [-0.3, -0.25) is 4.79 Å². The molecule has 0 bridgehead atoms. The van der Waals surface area contributed by atoms with Crippen LogP contribution < -0.4 is 16.0 Å². The van der Waals surface area contributed by atoms with E-state index in [0.29, 0.717) is 12.1 Å². The van der Waals surface area contributed by atoms with E-state index >= 15 is 0 Å². The zero-order chi connectivity index (χ0) is 26.9. The minimum Gasteiger partial charge on any atom is -0.480 e. The van der Waals surface area contributed by atoms with E-state index in [1.54, 1.807) is 36.4 Å². The quantitative estimate of drug-likeness (QED) is 0.205. The lowest BCUT2D eigenvalue weighted by atomic mass is 10.1. The third-order valence-corrected chi connectivity index (χ3v) is 5.92. The molecular weight excluding hydrogens is 486 g/mol. The maximum atomic E-state index is 12.5. The molecule has 2 unspecified atom stereocenters. The first kappa shape index (κ1) is 26.4. The molecule has 0 spiro atoms. The Morgan fingerprint density at radius 2 is 1.66 bits per heavy atom. The van der Waals surface area contributed by atoms with Crippen LogP contribution in [0.25, 0.3) is 11.0 Å². The number of nitrogens with one attached hydrogen (secondary N) is 4. The Balaban J connectivity index is 1.23. The van der Waals surface area contributed by atoms with Crippen molar-refractivity contribution in [3.05, 3.63) is 101 Å². The van der Waals surface area contributed by atoms with E-state index < -0.39 is 24.0 Å². The predicted octanol–water partition coefficient (Wildman–Crippen LogP) is 3.52. The molecule has 2 atom stereocenters. The topological polar surface area (TPSA) is 145 Å². The summed E-state index contributed by atoms with van der Waals surface area (Å²) in [7, 11) is 0. The maximum absolute atomic E-state index is 12.5. The lowest BCUT2D eigenvalue weighted by Crippen LogP contribution is -2.48. The number of fused-ring (bicyclic) bond motifs is 1. The van der Waals surface area contributed by atoms with Crippen LogP contribution in [0, 0.1) is 0 Å². The van der Waals surface area contributed by atoms with Crippen molar-refractivity contribution in [2.45, 2.75) is 32.2 Å². The van der Waals surface area contributed by atoms with Gasteiger partial charge in [-0.2, -0.15) is 0 Å². The summed E-state index contributed by atoms with van der Waals surface area (Å²) >= 11 is 0. The lowest BCUT2D eigenvalue weighted by molar-refractivity contribution is -0.139. The zero-order valence-corrected chi connectivity index (χ0v) is 20.8. The van der Waals surface area contributed by atoms with E-state index in [4.69, 9.17) is 4.74 Å². The minimum absolute atomic E-state index is 0.00360. The van der Waals surface area contributed by atoms with Crippen molar-refractivity contribution in [1.82, 2.24) is 25.9 Å². The third-order valence-electron chi connectivity index (χ3n) is 5.92. The Bertz CT molecular complexity index is 1350. The Morgan fingerprint density at radius 1 is 0.947 bits per heavy atom. The summed E-state index contributed by atoms with van der Waals surface area (Å²) in [5, 5.41) is 17.6. The molecule has 10 nitrogen and oxygen atoms in total. The van der Waals surface area contributed by atoms with E-state index in [1.807, 2.05) is 49.4 Å². The molecule has 0 aliphatic rings. The van der Waals surface area contributed by atoms with Crippen molar-refractivity contribution in [2.24, 2.45) is 0 Å². The molecule has 10 heteroatoms. The third kappa shape index (κ3) is 7.17. The number of H-pyrrole nitrogens is 1. The Kier molecular flexibility index (Phi) is 8.68. The average Bonchev–Trinajstić information content (AvgIpc) is 3.38. The highest BCUT2D eigenvalue weighted by atomic mass is 16.5. The van der Waals surface area contributed by atoms with Gasteiger partial charge in [0.05, 0.1) is 17.1 Å². The molecule has 38 heavy (non-hydrogen) atoms. The summed E-state index contributed by atoms with van der Waals surface area (Å²) in [6.07, 6.45) is -0.885. The minimum atomic E-state index is -1.34. The molecule has 0 saturated carbocycles. The number of aromatic amines is 1. The zero-order valence-electron chi connectivity index (χ0n) is 20.8. The molecule has 0 saturated heterocycles. The van der Waals surface area contributed by atoms with Crippen molar-refractivity contribution < 1.29 is 24.2 Å². The predicted molar refractivity (Wildman–Crippen MR) is 141 cm³/mol. The van der Waals surface area contributed by atoms with Gasteiger partial charge in [-0.05, 0) is 42.3 Å². The number of carboxylic acids is 1. The van der Waals surface area contributed by atoms with E-state index in [1.165, 1.54) is 0 Å². The summed E-state index contributed by atoms with van der Waals surface area (Å²) < 4.78 is 5.06. The Hall–Kier alpha value is -4.70. The molecule has 5 N–H and O–H groups in total. The van der Waals surface area contributed by atoms with Gasteiger partial charge in [0.15, 0.2) is 0 Å². The van der Waals surface area contributed by atoms with Crippen LogP contribution in [0.15, 0.2) is 78.9 Å². The Morgan fingerprint density at radius 3 is 2.37 bits per heavy atom. The lowest BCUT2D eigenvalue weighted by Gasteiger charge is -2.15. The number of imidazole rings is 1. The highest BCUT2D eigenvalue weighted by Gasteiger charge is 2.22. The molecule has 0 fully saturated rings. The van der Waals surface area contributed by atoms with Gasteiger partial charge in [0.2, 0.25) is 0 Å². The maximum Gasteiger partial charge on any atom is 0.408 e. The number of ether oxygens (including phenoxy) is 1. The molecule has 0 aliphatic carbocycles. The summed E-state index contributed by atoms with van der Waals surface area (Å²) in [6, 6.07) is 22.5. The van der Waals surface area contributed by atoms with Crippen molar-refractivity contribution in [3.63, 3.8) is 0 Å². The van der Waals surface area contributed by atoms with Crippen molar-refractivity contribution in [2.75, 3.05) is 6.54 Å². The van der Waals surface area contributed by atoms with Gasteiger partial charge >= 0.3 is 12.1 Å². The molecule has 0 aliphatic heterocycles. The van der Waals surface area contributed by atoms with Gasteiger partial charge in [-0.15, -0.1) is 0 Å². The normalized spacial score (nSPS) is 12.4. The van der Waals surface area contributed by atoms with Gasteiger partial charge in [-0.25, -0.2) is 14.6 Å². The second kappa shape index (κ2) is 12.5. The van der Waals surface area contributed by atoms with E-state index in [9.17, 15) is 19.5 Å². The van der Waals surface area contributed by atoms with E-state index in [0.717, 1.165) is 28.0 Å². The monoisotopic (exact) mass is 515 g/mol. The van der Waals surface area contributed by atoms with Crippen LogP contribution in [0.5, 0.6) is 0 Å². The number of hydrogen-bond donors (Lipinski definition) is 5. The number of benzene rings is 3. The number of amides is 2. The number of aliphatic carboxylic acids is 1. The molecule has 4 aromatic rings. The molecule has 3 aromatic carbocycles. The van der Waals surface area contributed by atoms with E-state index in [2.05, 4.69) is 25.9 Å². The van der Waals surface area contributed by atoms with Gasteiger partial charge in [0, 0.05) is 18.7 Å². The highest BCUT2D eigenvalue weighted by molar-refractivity contribution is 5.94. The fourth-order valence-electron chi connectivity index (χ4n) is 3.72. The van der Waals surface area contributed by atoms with Crippen LogP contribution in [0.3, 0.4) is 0 Å². The molecule has 1 heterocycles. The number of alkyl carbamates (subject to hydrolysis) is 1. The number of nitrogens with zero attached hydrogens (tertiary/aromatic N) is 1. The van der Waals surface area contributed by atoms with Crippen LogP contribution in [0.2, 0.25) is 0 Å². The van der Waals surface area contributed by atoms with Gasteiger partial charge < -0.3 is 30.8 Å². The number of carbonyl (C=O) groups excluding carboxylic acids is 2. The van der Waals surface area contributed by atoms with Crippen LogP contribution in [-0.4, -0.2) is 45.6 Å². The van der Waals surface area contributed by atoms with Crippen molar-refractivity contribution in [1.29, 1.82) is 0 Å². The molecule has 196 valence electrons. The van der Waals surface area contributed by atoms with Crippen LogP contribution in [0.4, 0.5) is 4.79 Å². The Labute approximate surface area is 219 Å². The first-order chi connectivity index (χ1) is 18.4. The summed E-state index contributed by atoms with van der Waals surface area (Å²) in [5.41, 5.74) is 4.00. The van der Waals surface area contributed by atoms with Crippen molar-refractivity contribution >= 4 is 29.0 Å². The molecule has 2 amide bonds. The number of aromatic nitrogens is 2. The van der Waals surface area contributed by atoms with Crippen LogP contribution in [0.1, 0.15) is 40.3 Å². The fourth-order valence-corrected chi connectivity index (χ4v) is 3.72. The number of rotatable bonds is 11. The standard InChI is InChI=1S/C28H29N5O5/c1-18(25-31-22-9-5-6-10-23(22)32-25)29-15-19-11-13-21(14-12-19)26(34)30-16-24(27(35)36)33-28(37)38-17-20-7-3-2-4-8-20/h2-14,18,24,29H,15-17H2,1H3,(H,30,34)(H,31,32)(H,33,37)(H,35,36). The molecule has 4 rings (SSSR count). The first-order valence-electron chi connectivity index (χ1n) is 12.1. The van der Waals surface area contributed by atoms with E-state index in [-0.39, 0.29) is 19.2 Å². The van der Waals surface area contributed by atoms with Gasteiger partial charge in [0.25, 0.3) is 5.91 Å². The number of hydrogen-bond acceptors (Lipinski definition) is 6. The first-order valence-corrected chi connectivity index (χ1v) is 12.1. The second-order valence-electron chi connectivity index (χ2n) is 8.75. The summed E-state index contributed by atoms with van der Waals surface area (Å²) in [5.74, 6) is -0.902. The van der Waals surface area contributed by atoms with Gasteiger partial charge in [0.1, 0.15) is 18.5 Å². The van der Waals surface area contributed by atoms with Gasteiger partial charge in [-0.1, -0.05) is 54.6 Å². The summed E-state index contributed by atoms with van der Waals surface area (Å²) in [6.45, 7) is 2.29. The number of para-hydroxylation sites is 2. The van der Waals surface area contributed by atoms with Crippen LogP contribution in [-0.2, 0) is 22.7 Å². The summed E-state index contributed by atoms with van der Waals surface area (Å²) in [4.78, 5) is 44.0. The smallest absolute Gasteiger partial charge is 0.408 e. The molecule has 1 aromatic heterocycles. The molecular formula is C28H29N5O5. The molecule has 0 radical (unpaired) electrons. The average molecular weight is 516 g/mol. The largest absolute Gasteiger partial charge is 0.480 e. The SMILES string of the molecule is CC(NCc1ccc(C(=O)NCC(NC(=O)OCc2ccccc2)C(=O)O)cc1)c1nc2ccccc2[nH]1. The highest BCUT2D eigenvalue weighted by Crippen LogP contribution is 2.16. The van der Waals surface area contributed by atoms with Crippen LogP contribution >= 0.6 is 0 Å². The van der Waals surface area contributed by atoms with Crippen molar-refractivity contribution in [3.8, 4) is 0 Å². The number of carbonyl (C=O) groups is 3. The number of carboxylic acid groups (broad SMARTS) is 1. The second-order valence-corrected chi connectivity index (χ2v) is 8.75. The fraction of sp³-hybridized carbons (Fsp3) is 0.214.